The zero-order valence-electron chi connectivity index (χ0n) is 17.0. The Morgan fingerprint density at radius 1 is 1.09 bits per heavy atom. The van der Waals surface area contributed by atoms with E-state index in [1.165, 1.54) is 37.1 Å². The van der Waals surface area contributed by atoms with E-state index >= 15 is 0 Å². The van der Waals surface area contributed by atoms with Crippen LogP contribution < -0.4 is 0 Å². The van der Waals surface area contributed by atoms with Gasteiger partial charge >= 0.3 is 0 Å². The molecule has 134 valence electrons. The van der Waals surface area contributed by atoms with Gasteiger partial charge in [0.05, 0.1) is 6.04 Å². The molecule has 0 N–H and O–H groups in total. The molecule has 2 atom stereocenters. The quantitative estimate of drug-likeness (QED) is 0.489. The first-order valence-electron chi connectivity index (χ1n) is 9.58. The number of hydrogen-bond donors (Lipinski definition) is 0. The molecule has 0 spiro atoms. The lowest BCUT2D eigenvalue weighted by atomic mass is 9.62. The van der Waals surface area contributed by atoms with Gasteiger partial charge in [0, 0.05) is 18.0 Å². The second-order valence-electron chi connectivity index (χ2n) is 9.48. The SMILES string of the molecule is CCCC(C)=NCC1(C)CC(N=C(C)CC(C)C)CC(C)(C)C1. The van der Waals surface area contributed by atoms with E-state index in [1.807, 2.05) is 0 Å². The summed E-state index contributed by atoms with van der Waals surface area (Å²) in [6, 6.07) is 0.476. The molecular formula is C21H40N2. The summed E-state index contributed by atoms with van der Waals surface area (Å²) in [5.74, 6) is 0.697. The van der Waals surface area contributed by atoms with Crippen LogP contribution in [0.3, 0.4) is 0 Å². The highest BCUT2D eigenvalue weighted by Gasteiger charge is 2.41. The average Bonchev–Trinajstić information content (AvgIpc) is 2.33. The summed E-state index contributed by atoms with van der Waals surface area (Å²) in [6.45, 7) is 19.4. The summed E-state index contributed by atoms with van der Waals surface area (Å²) in [4.78, 5) is 10.0. The summed E-state index contributed by atoms with van der Waals surface area (Å²) < 4.78 is 0. The second-order valence-corrected chi connectivity index (χ2v) is 9.48. The molecule has 0 saturated heterocycles. The van der Waals surface area contributed by atoms with E-state index in [0.29, 0.717) is 22.8 Å². The van der Waals surface area contributed by atoms with Crippen molar-refractivity contribution >= 4 is 11.4 Å². The lowest BCUT2D eigenvalue weighted by molar-refractivity contribution is 0.0914. The van der Waals surface area contributed by atoms with E-state index in [9.17, 15) is 0 Å². The van der Waals surface area contributed by atoms with Crippen LogP contribution in [0.15, 0.2) is 9.98 Å². The summed E-state index contributed by atoms with van der Waals surface area (Å²) in [5.41, 5.74) is 3.31. The van der Waals surface area contributed by atoms with Gasteiger partial charge in [0.15, 0.2) is 0 Å². The highest BCUT2D eigenvalue weighted by atomic mass is 14.8. The molecule has 0 amide bonds. The van der Waals surface area contributed by atoms with Crippen molar-refractivity contribution in [3.63, 3.8) is 0 Å². The molecule has 1 rings (SSSR count). The van der Waals surface area contributed by atoms with E-state index < -0.39 is 0 Å². The number of hydrogen-bond acceptors (Lipinski definition) is 2. The molecule has 23 heavy (non-hydrogen) atoms. The smallest absolute Gasteiger partial charge is 0.0509 e. The Bertz CT molecular complexity index is 431. The third-order valence-corrected chi connectivity index (χ3v) is 4.87. The standard InChI is InChI=1S/C21H40N2/c1-9-10-17(4)22-15-21(8)13-19(12-20(6,7)14-21)23-18(5)11-16(2)3/h16,19H,9-15H2,1-8H3. The van der Waals surface area contributed by atoms with Crippen LogP contribution in [0.2, 0.25) is 0 Å². The fourth-order valence-corrected chi connectivity index (χ4v) is 4.51. The molecular weight excluding hydrogens is 280 g/mol. The van der Waals surface area contributed by atoms with Crippen molar-refractivity contribution in [2.24, 2.45) is 26.7 Å². The normalized spacial score (nSPS) is 29.2. The third-order valence-electron chi connectivity index (χ3n) is 4.87. The maximum atomic E-state index is 5.10. The van der Waals surface area contributed by atoms with Gasteiger partial charge < -0.3 is 0 Å². The van der Waals surface area contributed by atoms with Crippen molar-refractivity contribution in [3.8, 4) is 0 Å². The predicted molar refractivity (Wildman–Crippen MR) is 105 cm³/mol. The van der Waals surface area contributed by atoms with Crippen LogP contribution in [0.4, 0.5) is 0 Å². The Balaban J connectivity index is 2.83. The zero-order valence-corrected chi connectivity index (χ0v) is 17.0. The summed E-state index contributed by atoms with van der Waals surface area (Å²) >= 11 is 0. The first kappa shape index (κ1) is 20.4. The van der Waals surface area contributed by atoms with Crippen LogP contribution in [-0.2, 0) is 0 Å². The fraction of sp³-hybridized carbons (Fsp3) is 0.905. The van der Waals surface area contributed by atoms with Crippen molar-refractivity contribution in [1.29, 1.82) is 0 Å². The van der Waals surface area contributed by atoms with Gasteiger partial charge in [0.1, 0.15) is 0 Å². The molecule has 0 aliphatic heterocycles. The average molecular weight is 321 g/mol. The van der Waals surface area contributed by atoms with E-state index in [2.05, 4.69) is 55.4 Å². The van der Waals surface area contributed by atoms with Gasteiger partial charge in [-0.15, -0.1) is 0 Å². The molecule has 1 aliphatic rings. The Morgan fingerprint density at radius 2 is 1.74 bits per heavy atom. The van der Waals surface area contributed by atoms with Crippen LogP contribution in [0, 0.1) is 16.7 Å². The van der Waals surface area contributed by atoms with Crippen LogP contribution in [-0.4, -0.2) is 24.0 Å². The van der Waals surface area contributed by atoms with Crippen LogP contribution in [0.25, 0.3) is 0 Å². The third kappa shape index (κ3) is 7.63. The molecule has 1 fully saturated rings. The summed E-state index contributed by atoms with van der Waals surface area (Å²) in [6.07, 6.45) is 7.12. The lowest BCUT2D eigenvalue weighted by Crippen LogP contribution is -2.39. The molecule has 1 saturated carbocycles. The first-order chi connectivity index (χ1) is 10.6. The van der Waals surface area contributed by atoms with Crippen LogP contribution in [0.1, 0.15) is 93.9 Å². The Morgan fingerprint density at radius 3 is 2.30 bits per heavy atom. The molecule has 0 aromatic heterocycles. The molecule has 0 aromatic rings. The molecule has 0 radical (unpaired) electrons. The predicted octanol–water partition coefficient (Wildman–Crippen LogP) is 6.34. The lowest BCUT2D eigenvalue weighted by Gasteiger charge is -2.45. The number of aliphatic imine (C=N–C) groups is 2. The minimum atomic E-state index is 0.295. The second kappa shape index (κ2) is 8.44. The first-order valence-corrected chi connectivity index (χ1v) is 9.58. The van der Waals surface area contributed by atoms with Crippen LogP contribution in [0.5, 0.6) is 0 Å². The van der Waals surface area contributed by atoms with Crippen LogP contribution >= 0.6 is 0 Å². The van der Waals surface area contributed by atoms with Gasteiger partial charge in [-0.3, -0.25) is 9.98 Å². The Labute approximate surface area is 145 Å². The zero-order chi connectivity index (χ0) is 17.7. The maximum Gasteiger partial charge on any atom is 0.0509 e. The van der Waals surface area contributed by atoms with Gasteiger partial charge in [-0.05, 0) is 62.7 Å². The Kier molecular flexibility index (Phi) is 7.48. The largest absolute Gasteiger partial charge is 0.294 e. The van der Waals surface area contributed by atoms with Crippen molar-refractivity contribution in [2.75, 3.05) is 6.54 Å². The monoisotopic (exact) mass is 320 g/mol. The highest BCUT2D eigenvalue weighted by molar-refractivity contribution is 5.82. The number of rotatable bonds is 7. The molecule has 0 bridgehead atoms. The van der Waals surface area contributed by atoms with E-state index in [-0.39, 0.29) is 0 Å². The molecule has 0 aromatic carbocycles. The minimum Gasteiger partial charge on any atom is -0.294 e. The molecule has 0 heterocycles. The van der Waals surface area contributed by atoms with Gasteiger partial charge in [0.2, 0.25) is 0 Å². The fourth-order valence-electron chi connectivity index (χ4n) is 4.51. The van der Waals surface area contributed by atoms with Crippen molar-refractivity contribution in [2.45, 2.75) is 100.0 Å². The topological polar surface area (TPSA) is 24.7 Å². The maximum absolute atomic E-state index is 5.10. The van der Waals surface area contributed by atoms with Crippen molar-refractivity contribution in [1.82, 2.24) is 0 Å². The van der Waals surface area contributed by atoms with Crippen molar-refractivity contribution in [3.05, 3.63) is 0 Å². The van der Waals surface area contributed by atoms with Gasteiger partial charge in [-0.25, -0.2) is 0 Å². The van der Waals surface area contributed by atoms with Gasteiger partial charge in [-0.2, -0.15) is 0 Å². The van der Waals surface area contributed by atoms with Gasteiger partial charge in [0.25, 0.3) is 0 Å². The molecule has 2 heteroatoms. The summed E-state index contributed by atoms with van der Waals surface area (Å²) in [5, 5.41) is 0. The molecule has 1 aliphatic carbocycles. The Hall–Kier alpha value is -0.660. The molecule has 2 unspecified atom stereocenters. The minimum absolute atomic E-state index is 0.295. The summed E-state index contributed by atoms with van der Waals surface area (Å²) in [7, 11) is 0. The van der Waals surface area contributed by atoms with E-state index in [0.717, 1.165) is 19.4 Å². The van der Waals surface area contributed by atoms with E-state index in [1.54, 1.807) is 0 Å². The highest BCUT2D eigenvalue weighted by Crippen LogP contribution is 2.47. The van der Waals surface area contributed by atoms with Gasteiger partial charge in [-0.1, -0.05) is 48.0 Å². The van der Waals surface area contributed by atoms with E-state index in [4.69, 9.17) is 9.98 Å². The molecule has 2 nitrogen and oxygen atoms in total. The number of nitrogens with zero attached hydrogens (tertiary/aromatic N) is 2. The van der Waals surface area contributed by atoms with Crippen molar-refractivity contribution < 1.29 is 0 Å².